The molecule has 22 heavy (non-hydrogen) atoms. The Balaban J connectivity index is 1.81. The van der Waals surface area contributed by atoms with Gasteiger partial charge < -0.3 is 10.4 Å². The highest BCUT2D eigenvalue weighted by Crippen LogP contribution is 2.39. The van der Waals surface area contributed by atoms with Gasteiger partial charge in [0.25, 0.3) is 0 Å². The molecule has 3 rings (SSSR count). The summed E-state index contributed by atoms with van der Waals surface area (Å²) in [7, 11) is 0. The van der Waals surface area contributed by atoms with E-state index in [1.54, 1.807) is 0 Å². The molecule has 5 heteroatoms. The first-order chi connectivity index (χ1) is 10.5. The molecule has 4 nitrogen and oxygen atoms in total. The number of nitrogens with one attached hydrogen (secondary N) is 1. The smallest absolute Gasteiger partial charge is 0.307 e. The Hall–Kier alpha value is -2.07. The summed E-state index contributed by atoms with van der Waals surface area (Å²) in [4.78, 5) is 23.0. The van der Waals surface area contributed by atoms with Crippen LogP contribution in [0.15, 0.2) is 36.4 Å². The summed E-state index contributed by atoms with van der Waals surface area (Å²) in [5, 5.41) is 14.4. The predicted octanol–water partition coefficient (Wildman–Crippen LogP) is 3.39. The fourth-order valence-corrected chi connectivity index (χ4v) is 3.05. The molecule has 0 aliphatic heterocycles. The number of hydrogen-bond acceptors (Lipinski definition) is 2. The first-order valence-electron chi connectivity index (χ1n) is 7.19. The summed E-state index contributed by atoms with van der Waals surface area (Å²) in [6.45, 7) is 1.89. The summed E-state index contributed by atoms with van der Waals surface area (Å²) in [6.07, 6.45) is 0.426. The van der Waals surface area contributed by atoms with E-state index in [0.29, 0.717) is 11.4 Å². The third-order valence-electron chi connectivity index (χ3n) is 4.17. The molecule has 0 saturated heterocycles. The molecule has 1 amide bonds. The first kappa shape index (κ1) is 14.9. The van der Waals surface area contributed by atoms with E-state index >= 15 is 0 Å². The minimum absolute atomic E-state index is 0.195. The molecule has 2 aromatic rings. The van der Waals surface area contributed by atoms with Crippen LogP contribution in [0, 0.1) is 11.8 Å². The summed E-state index contributed by atoms with van der Waals surface area (Å²) in [6, 6.07) is 11.3. The van der Waals surface area contributed by atoms with Gasteiger partial charge in [-0.05, 0) is 30.4 Å². The van der Waals surface area contributed by atoms with E-state index in [-0.39, 0.29) is 11.9 Å². The Morgan fingerprint density at radius 3 is 2.50 bits per heavy atom. The van der Waals surface area contributed by atoms with Crippen molar-refractivity contribution in [3.05, 3.63) is 47.0 Å². The quantitative estimate of drug-likeness (QED) is 0.908. The molecule has 3 unspecified atom stereocenters. The van der Waals surface area contributed by atoms with Crippen LogP contribution in [0.3, 0.4) is 0 Å². The maximum atomic E-state index is 12.1. The third-order valence-corrected chi connectivity index (χ3v) is 4.50. The number of halogens is 1. The lowest BCUT2D eigenvalue weighted by Crippen LogP contribution is -2.29. The summed E-state index contributed by atoms with van der Waals surface area (Å²) < 4.78 is 0. The van der Waals surface area contributed by atoms with Gasteiger partial charge in [-0.15, -0.1) is 0 Å². The van der Waals surface area contributed by atoms with Crippen LogP contribution in [0.2, 0.25) is 5.02 Å². The van der Waals surface area contributed by atoms with E-state index in [1.807, 2.05) is 43.3 Å². The van der Waals surface area contributed by atoms with Crippen LogP contribution >= 0.6 is 11.6 Å². The monoisotopic (exact) mass is 317 g/mol. The molecule has 114 valence electrons. The molecule has 1 aliphatic rings. The predicted molar refractivity (Wildman–Crippen MR) is 84.7 cm³/mol. The topological polar surface area (TPSA) is 66.4 Å². The molecular formula is C17H16ClNO3. The van der Waals surface area contributed by atoms with Crippen LogP contribution in [0.25, 0.3) is 10.8 Å². The molecule has 0 bridgehead atoms. The second-order valence-electron chi connectivity index (χ2n) is 5.70. The number of carboxylic acid groups (broad SMARTS) is 1. The lowest BCUT2D eigenvalue weighted by Gasteiger charge is -2.17. The summed E-state index contributed by atoms with van der Waals surface area (Å²) >= 11 is 6.20. The van der Waals surface area contributed by atoms with Crippen molar-refractivity contribution in [3.63, 3.8) is 0 Å². The minimum Gasteiger partial charge on any atom is -0.481 e. The molecule has 0 spiro atoms. The third kappa shape index (κ3) is 2.66. The van der Waals surface area contributed by atoms with Crippen LogP contribution < -0.4 is 5.32 Å². The molecule has 1 aliphatic carbocycles. The van der Waals surface area contributed by atoms with Crippen molar-refractivity contribution in [2.75, 3.05) is 0 Å². The summed E-state index contributed by atoms with van der Waals surface area (Å²) in [5.41, 5.74) is 0.973. The number of hydrogen-bond donors (Lipinski definition) is 2. The Bertz CT molecular complexity index is 759. The molecule has 0 heterocycles. The van der Waals surface area contributed by atoms with Gasteiger partial charge in [-0.25, -0.2) is 0 Å². The Labute approximate surface area is 133 Å². The average Bonchev–Trinajstić information content (AvgIpc) is 3.28. The van der Waals surface area contributed by atoms with Crippen LogP contribution in [0.1, 0.15) is 24.9 Å². The van der Waals surface area contributed by atoms with Gasteiger partial charge in [0, 0.05) is 10.4 Å². The van der Waals surface area contributed by atoms with E-state index in [4.69, 9.17) is 16.7 Å². The van der Waals surface area contributed by atoms with E-state index in [0.717, 1.165) is 16.3 Å². The van der Waals surface area contributed by atoms with Gasteiger partial charge in [-0.1, -0.05) is 41.9 Å². The van der Waals surface area contributed by atoms with Crippen molar-refractivity contribution >= 4 is 34.2 Å². The maximum Gasteiger partial charge on any atom is 0.307 e. The van der Waals surface area contributed by atoms with E-state index in [9.17, 15) is 9.59 Å². The van der Waals surface area contributed by atoms with Gasteiger partial charge in [0.05, 0.1) is 17.9 Å². The minimum atomic E-state index is -0.898. The number of carbonyl (C=O) groups excluding carboxylic acids is 1. The molecule has 0 radical (unpaired) electrons. The van der Waals surface area contributed by atoms with E-state index in [1.165, 1.54) is 0 Å². The molecular weight excluding hydrogens is 302 g/mol. The zero-order valence-corrected chi connectivity index (χ0v) is 12.8. The van der Waals surface area contributed by atoms with Crippen molar-refractivity contribution in [1.29, 1.82) is 0 Å². The first-order valence-corrected chi connectivity index (χ1v) is 7.57. The average molecular weight is 318 g/mol. The highest BCUT2D eigenvalue weighted by molar-refractivity contribution is 6.35. The van der Waals surface area contributed by atoms with Gasteiger partial charge in [-0.3, -0.25) is 9.59 Å². The normalized spacial score (nSPS) is 21.4. The van der Waals surface area contributed by atoms with Crippen molar-refractivity contribution < 1.29 is 14.7 Å². The fourth-order valence-electron chi connectivity index (χ4n) is 2.82. The Morgan fingerprint density at radius 1 is 1.18 bits per heavy atom. The standard InChI is InChI=1S/C17H16ClNO3/c1-9(19-16(20)13-8-14(13)17(21)22)10-6-7-15(18)12-5-3-2-4-11(10)12/h2-7,9,13-14H,8H2,1H3,(H,19,20)(H,21,22). The zero-order chi connectivity index (χ0) is 15.9. The number of aliphatic carboxylic acids is 1. The van der Waals surface area contributed by atoms with Crippen LogP contribution in [0.4, 0.5) is 0 Å². The van der Waals surface area contributed by atoms with Gasteiger partial charge in [0.1, 0.15) is 0 Å². The van der Waals surface area contributed by atoms with Crippen molar-refractivity contribution in [1.82, 2.24) is 5.32 Å². The van der Waals surface area contributed by atoms with Gasteiger partial charge in [0.2, 0.25) is 5.91 Å². The van der Waals surface area contributed by atoms with Crippen molar-refractivity contribution in [2.24, 2.45) is 11.8 Å². The zero-order valence-electron chi connectivity index (χ0n) is 12.0. The Kier molecular flexibility index (Phi) is 3.79. The van der Waals surface area contributed by atoms with Crippen molar-refractivity contribution in [3.8, 4) is 0 Å². The number of rotatable bonds is 4. The highest BCUT2D eigenvalue weighted by atomic mass is 35.5. The van der Waals surface area contributed by atoms with Crippen LogP contribution in [-0.2, 0) is 9.59 Å². The molecule has 1 fully saturated rings. The largest absolute Gasteiger partial charge is 0.481 e. The number of amides is 1. The second-order valence-corrected chi connectivity index (χ2v) is 6.11. The molecule has 0 aromatic heterocycles. The molecule has 1 saturated carbocycles. The Morgan fingerprint density at radius 2 is 1.86 bits per heavy atom. The lowest BCUT2D eigenvalue weighted by atomic mass is 9.99. The van der Waals surface area contributed by atoms with Crippen LogP contribution in [0.5, 0.6) is 0 Å². The van der Waals surface area contributed by atoms with Crippen LogP contribution in [-0.4, -0.2) is 17.0 Å². The SMILES string of the molecule is CC(NC(=O)C1CC1C(=O)O)c1ccc(Cl)c2ccccc12. The highest BCUT2D eigenvalue weighted by Gasteiger charge is 2.48. The lowest BCUT2D eigenvalue weighted by molar-refractivity contribution is -0.140. The molecule has 2 N–H and O–H groups in total. The number of benzene rings is 2. The van der Waals surface area contributed by atoms with Gasteiger partial charge in [-0.2, -0.15) is 0 Å². The number of fused-ring (bicyclic) bond motifs is 1. The molecule has 3 atom stereocenters. The number of carbonyl (C=O) groups is 2. The molecule has 2 aromatic carbocycles. The van der Waals surface area contributed by atoms with Crippen molar-refractivity contribution in [2.45, 2.75) is 19.4 Å². The number of carboxylic acids is 1. The van der Waals surface area contributed by atoms with E-state index < -0.39 is 17.8 Å². The van der Waals surface area contributed by atoms with Gasteiger partial charge in [0.15, 0.2) is 0 Å². The maximum absolute atomic E-state index is 12.1. The fraction of sp³-hybridized carbons (Fsp3) is 0.294. The van der Waals surface area contributed by atoms with Gasteiger partial charge >= 0.3 is 5.97 Å². The van der Waals surface area contributed by atoms with E-state index in [2.05, 4.69) is 5.32 Å². The second kappa shape index (κ2) is 5.61. The summed E-state index contributed by atoms with van der Waals surface area (Å²) in [5.74, 6) is -2.03.